The number of pyridine rings is 1. The van der Waals surface area contributed by atoms with Gasteiger partial charge in [-0.3, -0.25) is 4.79 Å². The fourth-order valence-corrected chi connectivity index (χ4v) is 2.69. The smallest absolute Gasteiger partial charge is 0.368 e. The minimum atomic E-state index is -4.46. The molecule has 1 fully saturated rings. The van der Waals surface area contributed by atoms with E-state index in [0.29, 0.717) is 19.0 Å². The van der Waals surface area contributed by atoms with Crippen molar-refractivity contribution in [1.29, 1.82) is 0 Å². The van der Waals surface area contributed by atoms with Crippen molar-refractivity contribution in [2.24, 2.45) is 4.99 Å². The van der Waals surface area contributed by atoms with E-state index in [4.69, 9.17) is 0 Å². The van der Waals surface area contributed by atoms with Crippen LogP contribution in [0.25, 0.3) is 0 Å². The fourth-order valence-electron chi connectivity index (χ4n) is 2.69. The van der Waals surface area contributed by atoms with Gasteiger partial charge in [0.15, 0.2) is 5.96 Å². The average Bonchev–Trinajstić information content (AvgIpc) is 3.17. The minimum Gasteiger partial charge on any atom is -0.368 e. The highest BCUT2D eigenvalue weighted by atomic mass is 127. The molecule has 7 nitrogen and oxygen atoms in total. The van der Waals surface area contributed by atoms with Crippen LogP contribution in [-0.4, -0.2) is 61.0 Å². The van der Waals surface area contributed by atoms with Crippen LogP contribution in [0, 0.1) is 0 Å². The maximum Gasteiger partial charge on any atom is 0.419 e. The van der Waals surface area contributed by atoms with E-state index >= 15 is 0 Å². The quantitative estimate of drug-likeness (QED) is 0.225. The van der Waals surface area contributed by atoms with Crippen LogP contribution < -0.4 is 16.0 Å². The highest BCUT2D eigenvalue weighted by molar-refractivity contribution is 14.0. The summed E-state index contributed by atoms with van der Waals surface area (Å²) in [7, 11) is 0. The number of aliphatic imine (C=N–C) groups is 1. The number of hydrogen-bond donors (Lipinski definition) is 3. The lowest BCUT2D eigenvalue weighted by Crippen LogP contribution is -2.40. The Bertz CT molecular complexity index is 650. The molecule has 28 heavy (non-hydrogen) atoms. The summed E-state index contributed by atoms with van der Waals surface area (Å²) in [5, 5.41) is 8.67. The normalized spacial score (nSPS) is 14.4. The van der Waals surface area contributed by atoms with Crippen LogP contribution in [0.1, 0.15) is 25.3 Å². The number of alkyl halides is 3. The van der Waals surface area contributed by atoms with Crippen LogP contribution >= 0.6 is 24.0 Å². The van der Waals surface area contributed by atoms with Gasteiger partial charge < -0.3 is 20.9 Å². The van der Waals surface area contributed by atoms with Gasteiger partial charge in [0.05, 0.1) is 5.56 Å². The summed E-state index contributed by atoms with van der Waals surface area (Å²) in [5.41, 5.74) is -0.804. The molecule has 3 N–H and O–H groups in total. The van der Waals surface area contributed by atoms with E-state index in [2.05, 4.69) is 25.9 Å². The second-order valence-corrected chi connectivity index (χ2v) is 6.03. The molecule has 2 heterocycles. The topological polar surface area (TPSA) is 81.7 Å². The molecule has 2 rings (SSSR count). The zero-order valence-corrected chi connectivity index (χ0v) is 18.0. The standard InChI is InChI=1S/C17H25F3N6O.HI/c1-2-21-16(25-12-14(27)26-10-3-4-11-26)24-9-8-23-15-13(17(18,19)20)6-5-7-22-15;/h5-7H,2-4,8-12H2,1H3,(H,22,23)(H2,21,24,25);1H. The fraction of sp³-hybridized carbons (Fsp3) is 0.588. The largest absolute Gasteiger partial charge is 0.419 e. The number of halogens is 4. The van der Waals surface area contributed by atoms with Gasteiger partial charge in [-0.2, -0.15) is 13.2 Å². The Morgan fingerprint density at radius 1 is 1.25 bits per heavy atom. The van der Waals surface area contributed by atoms with E-state index < -0.39 is 11.7 Å². The van der Waals surface area contributed by atoms with Crippen molar-refractivity contribution in [3.63, 3.8) is 0 Å². The van der Waals surface area contributed by atoms with Crippen LogP contribution in [0.5, 0.6) is 0 Å². The van der Waals surface area contributed by atoms with Gasteiger partial charge in [-0.15, -0.1) is 24.0 Å². The SMILES string of the molecule is CCNC(=NCC(=O)N1CCCC1)NCCNc1ncccc1C(F)(F)F.I. The molecule has 1 amide bonds. The molecular formula is C17H26F3IN6O. The van der Waals surface area contributed by atoms with Crippen molar-refractivity contribution < 1.29 is 18.0 Å². The molecule has 1 saturated heterocycles. The summed E-state index contributed by atoms with van der Waals surface area (Å²) in [6, 6.07) is 2.23. The lowest BCUT2D eigenvalue weighted by atomic mass is 10.2. The number of nitrogens with one attached hydrogen (secondary N) is 3. The van der Waals surface area contributed by atoms with Crippen molar-refractivity contribution in [1.82, 2.24) is 20.5 Å². The predicted molar refractivity (Wildman–Crippen MR) is 113 cm³/mol. The van der Waals surface area contributed by atoms with Crippen LogP contribution in [0.4, 0.5) is 19.0 Å². The van der Waals surface area contributed by atoms with E-state index in [0.717, 1.165) is 32.0 Å². The number of rotatable bonds is 7. The number of nitrogens with zero attached hydrogens (tertiary/aromatic N) is 3. The average molecular weight is 514 g/mol. The molecule has 0 spiro atoms. The Balaban J connectivity index is 0.00000392. The summed E-state index contributed by atoms with van der Waals surface area (Å²) in [5.74, 6) is 0.216. The van der Waals surface area contributed by atoms with Crippen molar-refractivity contribution in [3.05, 3.63) is 23.9 Å². The van der Waals surface area contributed by atoms with E-state index in [-0.39, 0.29) is 48.8 Å². The maximum atomic E-state index is 12.9. The van der Waals surface area contributed by atoms with Crippen molar-refractivity contribution >= 4 is 41.7 Å². The molecule has 0 unspecified atom stereocenters. The molecule has 0 aliphatic carbocycles. The summed E-state index contributed by atoms with van der Waals surface area (Å²) < 4.78 is 38.8. The Hall–Kier alpha value is -1.79. The number of anilines is 1. The number of guanidine groups is 1. The summed E-state index contributed by atoms with van der Waals surface area (Å²) in [6.45, 7) is 4.61. The number of carbonyl (C=O) groups is 1. The predicted octanol–water partition coefficient (Wildman–Crippen LogP) is 2.31. The first-order valence-corrected chi connectivity index (χ1v) is 8.98. The van der Waals surface area contributed by atoms with Crippen molar-refractivity contribution in [2.45, 2.75) is 25.9 Å². The number of hydrogen-bond acceptors (Lipinski definition) is 4. The number of amides is 1. The van der Waals surface area contributed by atoms with Crippen LogP contribution in [0.2, 0.25) is 0 Å². The van der Waals surface area contributed by atoms with E-state index in [1.165, 1.54) is 12.3 Å². The van der Waals surface area contributed by atoms with Gasteiger partial charge in [-0.05, 0) is 31.9 Å². The van der Waals surface area contributed by atoms with Gasteiger partial charge in [0.1, 0.15) is 12.4 Å². The second-order valence-electron chi connectivity index (χ2n) is 6.03. The monoisotopic (exact) mass is 514 g/mol. The summed E-state index contributed by atoms with van der Waals surface area (Å²) >= 11 is 0. The maximum absolute atomic E-state index is 12.9. The highest BCUT2D eigenvalue weighted by Crippen LogP contribution is 2.33. The van der Waals surface area contributed by atoms with E-state index in [9.17, 15) is 18.0 Å². The lowest BCUT2D eigenvalue weighted by Gasteiger charge is -2.16. The first kappa shape index (κ1) is 24.2. The summed E-state index contributed by atoms with van der Waals surface area (Å²) in [6.07, 6.45) is -1.11. The molecule has 1 aromatic rings. The van der Waals surface area contributed by atoms with Gasteiger partial charge in [-0.1, -0.05) is 0 Å². The number of carbonyl (C=O) groups excluding carboxylic acids is 1. The molecule has 1 aliphatic rings. The third kappa shape index (κ3) is 7.68. The van der Waals surface area contributed by atoms with Gasteiger partial charge in [-0.25, -0.2) is 9.98 Å². The van der Waals surface area contributed by atoms with E-state index in [1.807, 2.05) is 6.92 Å². The Morgan fingerprint density at radius 3 is 2.61 bits per heavy atom. The highest BCUT2D eigenvalue weighted by Gasteiger charge is 2.33. The van der Waals surface area contributed by atoms with Crippen molar-refractivity contribution in [3.8, 4) is 0 Å². The molecule has 0 radical (unpaired) electrons. The first-order valence-electron chi connectivity index (χ1n) is 8.98. The van der Waals surface area contributed by atoms with Gasteiger partial charge in [0.25, 0.3) is 0 Å². The molecule has 1 aliphatic heterocycles. The Labute approximate surface area is 179 Å². The minimum absolute atomic E-state index is 0. The Morgan fingerprint density at radius 2 is 1.96 bits per heavy atom. The van der Waals surface area contributed by atoms with Gasteiger partial charge in [0, 0.05) is 38.9 Å². The second kappa shape index (κ2) is 11.9. The zero-order chi connectivity index (χ0) is 19.7. The molecule has 158 valence electrons. The third-order valence-electron chi connectivity index (χ3n) is 4.00. The van der Waals surface area contributed by atoms with Crippen LogP contribution in [0.3, 0.4) is 0 Å². The van der Waals surface area contributed by atoms with Crippen molar-refractivity contribution in [2.75, 3.05) is 44.6 Å². The third-order valence-corrected chi connectivity index (χ3v) is 4.00. The van der Waals surface area contributed by atoms with Gasteiger partial charge >= 0.3 is 6.18 Å². The lowest BCUT2D eigenvalue weighted by molar-refractivity contribution is -0.137. The van der Waals surface area contributed by atoms with E-state index in [1.54, 1.807) is 4.90 Å². The number of aromatic nitrogens is 1. The molecule has 0 saturated carbocycles. The Kier molecular flexibility index (Phi) is 10.3. The molecule has 11 heteroatoms. The molecular weight excluding hydrogens is 488 g/mol. The number of likely N-dealkylation sites (tertiary alicyclic amines) is 1. The molecule has 0 bridgehead atoms. The van der Waals surface area contributed by atoms with Crippen LogP contribution in [0.15, 0.2) is 23.3 Å². The van der Waals surface area contributed by atoms with Crippen LogP contribution in [-0.2, 0) is 11.0 Å². The van der Waals surface area contributed by atoms with Gasteiger partial charge in [0.2, 0.25) is 5.91 Å². The molecule has 0 aromatic carbocycles. The summed E-state index contributed by atoms with van der Waals surface area (Å²) in [4.78, 5) is 21.8. The molecule has 1 aromatic heterocycles. The zero-order valence-electron chi connectivity index (χ0n) is 15.7. The molecule has 0 atom stereocenters. The first-order chi connectivity index (χ1) is 12.9.